The van der Waals surface area contributed by atoms with Gasteiger partial charge in [0.15, 0.2) is 23.0 Å². The minimum Gasteiger partial charge on any atom is -0.228 e. The van der Waals surface area contributed by atoms with Crippen molar-refractivity contribution in [3.63, 3.8) is 0 Å². The van der Waals surface area contributed by atoms with E-state index in [0.717, 1.165) is 22.3 Å². The minimum atomic E-state index is -0.0946. The van der Waals surface area contributed by atoms with Crippen LogP contribution in [0.4, 0.5) is 0 Å². The Morgan fingerprint density at radius 3 is 1.28 bits per heavy atom. The largest absolute Gasteiger partial charge is 0.228 e. The molecule has 3 heterocycles. The molecule has 0 saturated carbocycles. The van der Waals surface area contributed by atoms with Crippen molar-refractivity contribution in [2.45, 2.75) is 0 Å². The molecule has 9 rings (SSSR count). The number of thiophene rings is 1. The fraction of sp³-hybridized carbons (Fsp3) is 0. The molecule has 11 heteroatoms. The topological polar surface area (TPSA) is 194 Å². The van der Waals surface area contributed by atoms with Crippen LogP contribution in [0.2, 0.25) is 0 Å². The summed E-state index contributed by atoms with van der Waals surface area (Å²) in [6.45, 7) is 0. The molecule has 2 aliphatic rings. The van der Waals surface area contributed by atoms with E-state index in [1.54, 1.807) is 12.1 Å². The molecule has 4 aromatic carbocycles. The number of para-hydroxylation sites is 2. The van der Waals surface area contributed by atoms with E-state index in [9.17, 15) is 31.6 Å². The van der Waals surface area contributed by atoms with Gasteiger partial charge in [0.2, 0.25) is 0 Å². The van der Waals surface area contributed by atoms with Crippen molar-refractivity contribution in [3.8, 4) is 81.4 Å². The minimum absolute atomic E-state index is 0.0946. The molecular formula is C42H14N10S. The fourth-order valence-corrected chi connectivity index (χ4v) is 8.57. The molecular weight excluding hydrogens is 677 g/mol. The number of benzene rings is 4. The Hall–Kier alpha value is -8.32. The molecule has 0 atom stereocenters. The van der Waals surface area contributed by atoms with Gasteiger partial charge < -0.3 is 0 Å². The van der Waals surface area contributed by atoms with Crippen LogP contribution < -0.4 is 0 Å². The Bertz CT molecular complexity index is 2950. The van der Waals surface area contributed by atoms with E-state index in [2.05, 4.69) is 46.4 Å². The molecule has 53 heavy (non-hydrogen) atoms. The summed E-state index contributed by atoms with van der Waals surface area (Å²) < 4.78 is 0. The predicted molar refractivity (Wildman–Crippen MR) is 196 cm³/mol. The lowest BCUT2D eigenvalue weighted by Crippen LogP contribution is -1.96. The highest BCUT2D eigenvalue weighted by atomic mass is 32.1. The van der Waals surface area contributed by atoms with Crippen LogP contribution in [0.25, 0.3) is 78.0 Å². The molecule has 10 nitrogen and oxygen atoms in total. The van der Waals surface area contributed by atoms with Gasteiger partial charge in [-0.1, -0.05) is 48.5 Å². The van der Waals surface area contributed by atoms with Gasteiger partial charge in [0.25, 0.3) is 0 Å². The zero-order valence-corrected chi connectivity index (χ0v) is 27.8. The number of hydrogen-bond acceptors (Lipinski definition) is 11. The molecule has 0 unspecified atom stereocenters. The summed E-state index contributed by atoms with van der Waals surface area (Å²) in [4.78, 5) is 19.9. The Labute approximate surface area is 304 Å². The van der Waals surface area contributed by atoms with E-state index >= 15 is 0 Å². The van der Waals surface area contributed by atoms with Gasteiger partial charge in [0, 0.05) is 53.9 Å². The third kappa shape index (κ3) is 4.38. The normalized spacial score (nSPS) is 11.6. The van der Waals surface area contributed by atoms with Gasteiger partial charge in [0.1, 0.15) is 47.6 Å². The third-order valence-corrected chi connectivity index (χ3v) is 10.6. The predicted octanol–water partition coefficient (Wildman–Crippen LogP) is 8.37. The smallest absolute Gasteiger partial charge is 0.161 e. The van der Waals surface area contributed by atoms with Crippen LogP contribution in [0.5, 0.6) is 0 Å². The summed E-state index contributed by atoms with van der Waals surface area (Å²) in [5.74, 6) is 0.647. The Morgan fingerprint density at radius 2 is 0.887 bits per heavy atom. The summed E-state index contributed by atoms with van der Waals surface area (Å²) in [7, 11) is 0. The van der Waals surface area contributed by atoms with Crippen molar-refractivity contribution in [2.75, 3.05) is 0 Å². The van der Waals surface area contributed by atoms with Crippen molar-refractivity contribution in [2.24, 2.45) is 0 Å². The number of rotatable bonds is 2. The van der Waals surface area contributed by atoms with E-state index in [4.69, 9.17) is 9.97 Å². The van der Waals surface area contributed by atoms with Crippen LogP contribution in [-0.4, -0.2) is 19.9 Å². The number of hydrogen-bond donors (Lipinski definition) is 0. The second-order valence-corrected chi connectivity index (χ2v) is 13.0. The molecule has 3 aromatic heterocycles. The van der Waals surface area contributed by atoms with Crippen molar-refractivity contribution in [3.05, 3.63) is 128 Å². The third-order valence-electron chi connectivity index (χ3n) is 9.36. The van der Waals surface area contributed by atoms with Crippen molar-refractivity contribution in [1.29, 1.82) is 31.6 Å². The van der Waals surface area contributed by atoms with Crippen molar-refractivity contribution >= 4 is 44.3 Å². The van der Waals surface area contributed by atoms with Crippen LogP contribution in [0.1, 0.15) is 32.3 Å². The van der Waals surface area contributed by atoms with E-state index in [-0.39, 0.29) is 22.5 Å². The van der Waals surface area contributed by atoms with Crippen LogP contribution >= 0.6 is 11.3 Å². The summed E-state index contributed by atoms with van der Waals surface area (Å²) in [5.41, 5.74) is 7.86. The van der Waals surface area contributed by atoms with E-state index < -0.39 is 0 Å². The molecule has 0 N–H and O–H groups in total. The van der Waals surface area contributed by atoms with Crippen LogP contribution in [0.3, 0.4) is 0 Å². The highest BCUT2D eigenvalue weighted by Crippen LogP contribution is 2.61. The monoisotopic (exact) mass is 690 g/mol. The molecule has 0 radical (unpaired) electrons. The van der Waals surface area contributed by atoms with Gasteiger partial charge in [-0.15, -0.1) is 11.3 Å². The molecule has 238 valence electrons. The molecule has 0 fully saturated rings. The maximum absolute atomic E-state index is 10.2. The van der Waals surface area contributed by atoms with Gasteiger partial charge in [-0.2, -0.15) is 31.6 Å². The lowest BCUT2D eigenvalue weighted by molar-refractivity contribution is 1.20. The first-order valence-corrected chi connectivity index (χ1v) is 16.7. The zero-order chi connectivity index (χ0) is 36.4. The highest BCUT2D eigenvalue weighted by molar-refractivity contribution is 7.16. The summed E-state index contributed by atoms with van der Waals surface area (Å²) in [6, 6.07) is 38.2. The molecule has 0 bridgehead atoms. The van der Waals surface area contributed by atoms with Crippen LogP contribution in [-0.2, 0) is 0 Å². The van der Waals surface area contributed by atoms with E-state index in [1.165, 1.54) is 11.3 Å². The maximum Gasteiger partial charge on any atom is 0.161 e. The fourth-order valence-electron chi connectivity index (χ4n) is 7.11. The molecule has 0 spiro atoms. The molecule has 0 aliphatic heterocycles. The van der Waals surface area contributed by atoms with Gasteiger partial charge >= 0.3 is 0 Å². The first-order valence-electron chi connectivity index (χ1n) is 15.9. The van der Waals surface area contributed by atoms with Gasteiger partial charge in [-0.05, 0) is 58.7 Å². The van der Waals surface area contributed by atoms with Gasteiger partial charge in [0.05, 0.1) is 11.0 Å². The highest BCUT2D eigenvalue weighted by Gasteiger charge is 2.39. The number of aromatic nitrogens is 4. The van der Waals surface area contributed by atoms with Crippen LogP contribution in [0.15, 0.2) is 96.1 Å². The molecule has 0 saturated heterocycles. The standard InChI is InChI=1S/C42H14N10S/c43-15-23(16-44)35-29-13-21(41-49-31-7-3-1-5-27(31)33(19-47)51-41)9-11-25(29)37-38-26-12-10-22(42-50-32-8-4-2-6-28(32)34(20-48)52-42)14-30(26)36(24(17-45)18-46)40(38)53-39(35)37/h1-14H. The summed E-state index contributed by atoms with van der Waals surface area (Å²) in [5, 5.41) is 61.6. The number of nitriles is 6. The molecule has 2 aliphatic carbocycles. The van der Waals surface area contributed by atoms with Crippen molar-refractivity contribution < 1.29 is 0 Å². The average Bonchev–Trinajstić information content (AvgIpc) is 3.83. The van der Waals surface area contributed by atoms with E-state index in [1.807, 2.05) is 72.8 Å². The Kier molecular flexibility index (Phi) is 6.75. The number of allylic oxidation sites excluding steroid dienone is 2. The van der Waals surface area contributed by atoms with Gasteiger partial charge in [-0.3, -0.25) is 0 Å². The lowest BCUT2D eigenvalue weighted by Gasteiger charge is -2.09. The lowest BCUT2D eigenvalue weighted by atomic mass is 9.96. The SMILES string of the molecule is N#CC(C#N)=C1c2cc(-c3nc(C#N)c4ccccc4n3)ccc2-c2c1sc1c2-c2ccc(-c3nc(C#N)c4ccccc4n3)cc2C1=C(C#N)C#N. The van der Waals surface area contributed by atoms with Gasteiger partial charge in [-0.25, -0.2) is 19.9 Å². The summed E-state index contributed by atoms with van der Waals surface area (Å²) in [6.07, 6.45) is 0. The number of nitrogens with zero attached hydrogens (tertiary/aromatic N) is 10. The van der Waals surface area contributed by atoms with Crippen LogP contribution in [0, 0.1) is 68.0 Å². The Morgan fingerprint density at radius 1 is 0.472 bits per heavy atom. The van der Waals surface area contributed by atoms with Crippen molar-refractivity contribution in [1.82, 2.24) is 19.9 Å². The maximum atomic E-state index is 10.2. The number of fused-ring (bicyclic) bond motifs is 9. The second kappa shape index (κ2) is 11.6. The summed E-state index contributed by atoms with van der Waals surface area (Å²) >= 11 is 1.31. The second-order valence-electron chi connectivity index (χ2n) is 12.0. The first-order chi connectivity index (χ1) is 26.0. The first kappa shape index (κ1) is 30.7. The van der Waals surface area contributed by atoms with E-state index in [0.29, 0.717) is 76.6 Å². The quantitative estimate of drug-likeness (QED) is 0.159. The Balaban J connectivity index is 1.28. The molecule has 0 amide bonds. The zero-order valence-electron chi connectivity index (χ0n) is 27.0. The average molecular weight is 691 g/mol. The molecule has 7 aromatic rings.